The fraction of sp³-hybridized carbons (Fsp3) is 0.952. The Morgan fingerprint density at radius 2 is 1.59 bits per heavy atom. The minimum absolute atomic E-state index is 0.341. The van der Waals surface area contributed by atoms with E-state index in [4.69, 9.17) is 0 Å². The molecule has 0 bridgehead atoms. The van der Waals surface area contributed by atoms with Crippen LogP contribution in [-0.2, 0) is 4.79 Å². The SMILES string of the molecule is CC1CCC2(C)C(CCC3C4CCC(C=O)C4(C)CCC32)C1. The van der Waals surface area contributed by atoms with Gasteiger partial charge in [0.15, 0.2) is 0 Å². The molecule has 0 N–H and O–H groups in total. The van der Waals surface area contributed by atoms with Gasteiger partial charge in [-0.05, 0) is 91.8 Å². The molecule has 1 heteroatoms. The third kappa shape index (κ3) is 1.93. The molecule has 0 aromatic rings. The smallest absolute Gasteiger partial charge is 0.123 e. The Bertz CT molecular complexity index is 457. The summed E-state index contributed by atoms with van der Waals surface area (Å²) < 4.78 is 0. The Labute approximate surface area is 136 Å². The monoisotopic (exact) mass is 302 g/mol. The van der Waals surface area contributed by atoms with Crippen molar-refractivity contribution in [1.29, 1.82) is 0 Å². The molecule has 124 valence electrons. The van der Waals surface area contributed by atoms with Gasteiger partial charge in [-0.1, -0.05) is 27.2 Å². The molecule has 8 unspecified atom stereocenters. The topological polar surface area (TPSA) is 17.1 Å². The molecule has 4 rings (SSSR count). The molecule has 0 heterocycles. The standard InChI is InChI=1S/C21H34O/c1-14-8-10-20(2)15(12-14)4-6-17-18-7-5-16(13-22)21(18,3)11-9-19(17)20/h13-19H,4-12H2,1-3H3. The molecule has 4 aliphatic rings. The lowest BCUT2D eigenvalue weighted by atomic mass is 9.44. The predicted molar refractivity (Wildman–Crippen MR) is 90.4 cm³/mol. The van der Waals surface area contributed by atoms with Gasteiger partial charge in [0.25, 0.3) is 0 Å². The van der Waals surface area contributed by atoms with E-state index >= 15 is 0 Å². The first-order valence-corrected chi connectivity index (χ1v) is 9.94. The van der Waals surface area contributed by atoms with Gasteiger partial charge >= 0.3 is 0 Å². The van der Waals surface area contributed by atoms with Gasteiger partial charge in [0, 0.05) is 5.92 Å². The minimum atomic E-state index is 0.341. The third-order valence-corrected chi connectivity index (χ3v) is 9.17. The third-order valence-electron chi connectivity index (χ3n) is 9.17. The Hall–Kier alpha value is -0.330. The second-order valence-corrected chi connectivity index (χ2v) is 9.90. The molecule has 0 saturated heterocycles. The molecule has 22 heavy (non-hydrogen) atoms. The van der Waals surface area contributed by atoms with Crippen molar-refractivity contribution in [1.82, 2.24) is 0 Å². The fourth-order valence-corrected chi connectivity index (χ4v) is 7.74. The number of carbonyl (C=O) groups excluding carboxylic acids is 1. The highest BCUT2D eigenvalue weighted by atomic mass is 16.1. The zero-order chi connectivity index (χ0) is 15.5. The molecule has 0 spiro atoms. The summed E-state index contributed by atoms with van der Waals surface area (Å²) in [6.45, 7) is 7.57. The van der Waals surface area contributed by atoms with Gasteiger partial charge in [-0.25, -0.2) is 0 Å². The number of aldehydes is 1. The van der Waals surface area contributed by atoms with E-state index in [-0.39, 0.29) is 0 Å². The van der Waals surface area contributed by atoms with Crippen LogP contribution in [0.15, 0.2) is 0 Å². The van der Waals surface area contributed by atoms with Crippen molar-refractivity contribution in [3.63, 3.8) is 0 Å². The summed E-state index contributed by atoms with van der Waals surface area (Å²) in [6.07, 6.45) is 13.9. The first-order valence-electron chi connectivity index (χ1n) is 9.94. The number of carbonyl (C=O) groups is 1. The van der Waals surface area contributed by atoms with Crippen molar-refractivity contribution in [2.24, 2.45) is 46.3 Å². The Balaban J connectivity index is 1.62. The van der Waals surface area contributed by atoms with E-state index in [0.29, 0.717) is 16.7 Å². The van der Waals surface area contributed by atoms with E-state index in [9.17, 15) is 4.79 Å². The van der Waals surface area contributed by atoms with Crippen LogP contribution >= 0.6 is 0 Å². The van der Waals surface area contributed by atoms with Crippen LogP contribution in [0.5, 0.6) is 0 Å². The Morgan fingerprint density at radius 3 is 2.36 bits per heavy atom. The van der Waals surface area contributed by atoms with E-state index in [2.05, 4.69) is 20.8 Å². The highest BCUT2D eigenvalue weighted by molar-refractivity contribution is 5.56. The summed E-state index contributed by atoms with van der Waals surface area (Å²) in [7, 11) is 0. The van der Waals surface area contributed by atoms with Crippen LogP contribution in [0, 0.1) is 46.3 Å². The van der Waals surface area contributed by atoms with E-state index < -0.39 is 0 Å². The van der Waals surface area contributed by atoms with Gasteiger partial charge in [0.1, 0.15) is 6.29 Å². The Kier molecular flexibility index (Phi) is 3.51. The molecule has 4 saturated carbocycles. The molecule has 0 aliphatic heterocycles. The van der Waals surface area contributed by atoms with Crippen molar-refractivity contribution >= 4 is 6.29 Å². The van der Waals surface area contributed by atoms with Crippen LogP contribution in [0.2, 0.25) is 0 Å². The molecule has 4 fully saturated rings. The highest BCUT2D eigenvalue weighted by Gasteiger charge is 2.59. The van der Waals surface area contributed by atoms with Crippen molar-refractivity contribution < 1.29 is 4.79 Å². The molecule has 8 atom stereocenters. The van der Waals surface area contributed by atoms with Gasteiger partial charge in [0.2, 0.25) is 0 Å². The highest BCUT2D eigenvalue weighted by Crippen LogP contribution is 2.67. The minimum Gasteiger partial charge on any atom is -0.303 e. The fourth-order valence-electron chi connectivity index (χ4n) is 7.74. The summed E-state index contributed by atoms with van der Waals surface area (Å²) in [5.41, 5.74) is 0.962. The first-order chi connectivity index (χ1) is 10.5. The quantitative estimate of drug-likeness (QED) is 0.586. The first kappa shape index (κ1) is 15.2. The second kappa shape index (κ2) is 5.08. The van der Waals surface area contributed by atoms with Crippen LogP contribution in [0.1, 0.15) is 78.6 Å². The summed E-state index contributed by atoms with van der Waals surface area (Å²) in [4.78, 5) is 11.6. The maximum Gasteiger partial charge on any atom is 0.123 e. The van der Waals surface area contributed by atoms with Crippen LogP contribution in [0.4, 0.5) is 0 Å². The van der Waals surface area contributed by atoms with Crippen LogP contribution in [0.3, 0.4) is 0 Å². The Morgan fingerprint density at radius 1 is 0.864 bits per heavy atom. The molecule has 1 nitrogen and oxygen atoms in total. The number of fused-ring (bicyclic) bond motifs is 5. The summed E-state index contributed by atoms with van der Waals surface area (Å²) in [5, 5.41) is 0. The summed E-state index contributed by atoms with van der Waals surface area (Å²) >= 11 is 0. The normalized spacial score (nSPS) is 57.6. The van der Waals surface area contributed by atoms with Crippen molar-refractivity contribution in [2.45, 2.75) is 78.6 Å². The van der Waals surface area contributed by atoms with Crippen LogP contribution in [0.25, 0.3) is 0 Å². The lowest BCUT2D eigenvalue weighted by molar-refractivity contribution is -0.128. The van der Waals surface area contributed by atoms with Crippen molar-refractivity contribution in [3.8, 4) is 0 Å². The maximum atomic E-state index is 11.6. The zero-order valence-corrected chi connectivity index (χ0v) is 14.8. The largest absolute Gasteiger partial charge is 0.303 e. The van der Waals surface area contributed by atoms with Gasteiger partial charge in [-0.2, -0.15) is 0 Å². The van der Waals surface area contributed by atoms with Crippen molar-refractivity contribution in [3.05, 3.63) is 0 Å². The molecule has 0 aromatic carbocycles. The lowest BCUT2D eigenvalue weighted by Crippen LogP contribution is -2.53. The van der Waals surface area contributed by atoms with Gasteiger partial charge in [0.05, 0.1) is 0 Å². The number of hydrogen-bond acceptors (Lipinski definition) is 1. The van der Waals surface area contributed by atoms with Crippen molar-refractivity contribution in [2.75, 3.05) is 0 Å². The van der Waals surface area contributed by atoms with Gasteiger partial charge < -0.3 is 4.79 Å². The second-order valence-electron chi connectivity index (χ2n) is 9.90. The van der Waals surface area contributed by atoms with E-state index in [1.165, 1.54) is 64.1 Å². The van der Waals surface area contributed by atoms with E-state index in [1.807, 2.05) is 0 Å². The average molecular weight is 303 g/mol. The number of hydrogen-bond donors (Lipinski definition) is 0. The summed E-state index contributed by atoms with van der Waals surface area (Å²) in [5.74, 6) is 5.04. The molecular formula is C21H34O. The van der Waals surface area contributed by atoms with E-state index in [0.717, 1.165) is 29.6 Å². The zero-order valence-electron chi connectivity index (χ0n) is 14.8. The van der Waals surface area contributed by atoms with Gasteiger partial charge in [-0.3, -0.25) is 0 Å². The molecule has 0 amide bonds. The van der Waals surface area contributed by atoms with Crippen LogP contribution < -0.4 is 0 Å². The number of rotatable bonds is 1. The maximum absolute atomic E-state index is 11.6. The van der Waals surface area contributed by atoms with Crippen LogP contribution in [-0.4, -0.2) is 6.29 Å². The predicted octanol–water partition coefficient (Wildman–Crippen LogP) is 5.48. The summed E-state index contributed by atoms with van der Waals surface area (Å²) in [6, 6.07) is 0. The van der Waals surface area contributed by atoms with Gasteiger partial charge in [-0.15, -0.1) is 0 Å². The molecule has 0 radical (unpaired) electrons. The lowest BCUT2D eigenvalue weighted by Gasteiger charge is -2.61. The molecule has 4 aliphatic carbocycles. The van der Waals surface area contributed by atoms with E-state index in [1.54, 1.807) is 0 Å². The molecular weight excluding hydrogens is 268 g/mol. The molecule has 0 aromatic heterocycles. The average Bonchev–Trinajstić information content (AvgIpc) is 2.84.